The van der Waals surface area contributed by atoms with E-state index in [9.17, 15) is 10.3 Å². The Bertz CT molecular complexity index is 605. The Kier molecular flexibility index (Phi) is 4.79. The SMILES string of the molecule is COc1ccc(/C(=N/O)C(O)c2ccc(OC)cc2)cc1. The van der Waals surface area contributed by atoms with E-state index in [4.69, 9.17) is 9.47 Å². The Hall–Kier alpha value is -2.53. The van der Waals surface area contributed by atoms with Gasteiger partial charge in [0.2, 0.25) is 0 Å². The average Bonchev–Trinajstić information content (AvgIpc) is 2.56. The Morgan fingerprint density at radius 2 is 1.38 bits per heavy atom. The maximum Gasteiger partial charge on any atom is 0.125 e. The van der Waals surface area contributed by atoms with E-state index in [1.807, 2.05) is 0 Å². The van der Waals surface area contributed by atoms with Gasteiger partial charge in [-0.1, -0.05) is 17.3 Å². The third-order valence-electron chi connectivity index (χ3n) is 3.18. The Balaban J connectivity index is 2.26. The summed E-state index contributed by atoms with van der Waals surface area (Å²) in [4.78, 5) is 0. The highest BCUT2D eigenvalue weighted by Gasteiger charge is 2.18. The van der Waals surface area contributed by atoms with Gasteiger partial charge in [-0.3, -0.25) is 0 Å². The fourth-order valence-electron chi connectivity index (χ4n) is 1.98. The molecule has 110 valence electrons. The van der Waals surface area contributed by atoms with Crippen molar-refractivity contribution in [3.8, 4) is 11.5 Å². The number of rotatable bonds is 5. The van der Waals surface area contributed by atoms with Crippen LogP contribution in [-0.4, -0.2) is 30.2 Å². The third-order valence-corrected chi connectivity index (χ3v) is 3.18. The lowest BCUT2D eigenvalue weighted by Crippen LogP contribution is -2.13. The van der Waals surface area contributed by atoms with Crippen LogP contribution in [0.4, 0.5) is 0 Å². The summed E-state index contributed by atoms with van der Waals surface area (Å²) in [6, 6.07) is 13.8. The van der Waals surface area contributed by atoms with E-state index in [2.05, 4.69) is 5.16 Å². The molecule has 0 bridgehead atoms. The summed E-state index contributed by atoms with van der Waals surface area (Å²) in [5, 5.41) is 22.8. The molecule has 5 nitrogen and oxygen atoms in total. The van der Waals surface area contributed by atoms with Crippen LogP contribution in [-0.2, 0) is 0 Å². The second-order valence-corrected chi connectivity index (χ2v) is 4.39. The summed E-state index contributed by atoms with van der Waals surface area (Å²) in [6.07, 6.45) is -1.03. The molecule has 0 aliphatic carbocycles. The molecule has 1 atom stereocenters. The minimum Gasteiger partial charge on any atom is -0.497 e. The second kappa shape index (κ2) is 6.76. The molecule has 0 spiro atoms. The standard InChI is InChI=1S/C16H17NO4/c1-20-13-7-3-11(4-8-13)15(17-19)16(18)12-5-9-14(21-2)10-6-12/h3-10,16,18-19H,1-2H3/b17-15-. The van der Waals surface area contributed by atoms with Crippen LogP contribution in [0.3, 0.4) is 0 Å². The summed E-state index contributed by atoms with van der Waals surface area (Å²) >= 11 is 0. The third kappa shape index (κ3) is 3.32. The number of hydrogen-bond donors (Lipinski definition) is 2. The van der Waals surface area contributed by atoms with Crippen LogP contribution in [0.1, 0.15) is 17.2 Å². The maximum atomic E-state index is 10.4. The molecule has 5 heteroatoms. The topological polar surface area (TPSA) is 71.3 Å². The molecule has 2 N–H and O–H groups in total. The highest BCUT2D eigenvalue weighted by molar-refractivity contribution is 6.03. The van der Waals surface area contributed by atoms with Crippen molar-refractivity contribution in [3.05, 3.63) is 59.7 Å². The van der Waals surface area contributed by atoms with Crippen molar-refractivity contribution in [2.45, 2.75) is 6.10 Å². The fourth-order valence-corrected chi connectivity index (χ4v) is 1.98. The minimum absolute atomic E-state index is 0.169. The smallest absolute Gasteiger partial charge is 0.125 e. The number of oxime groups is 1. The van der Waals surface area contributed by atoms with Gasteiger partial charge in [0.05, 0.1) is 14.2 Å². The van der Waals surface area contributed by atoms with Gasteiger partial charge in [-0.15, -0.1) is 0 Å². The van der Waals surface area contributed by atoms with Crippen molar-refractivity contribution in [3.63, 3.8) is 0 Å². The molecule has 0 radical (unpaired) electrons. The van der Waals surface area contributed by atoms with Crippen molar-refractivity contribution in [1.82, 2.24) is 0 Å². The van der Waals surface area contributed by atoms with E-state index in [1.165, 1.54) is 0 Å². The van der Waals surface area contributed by atoms with E-state index < -0.39 is 6.10 Å². The van der Waals surface area contributed by atoms with Crippen molar-refractivity contribution < 1.29 is 19.8 Å². The normalized spacial score (nSPS) is 12.8. The maximum absolute atomic E-state index is 10.4. The largest absolute Gasteiger partial charge is 0.497 e. The minimum atomic E-state index is -1.03. The molecular weight excluding hydrogens is 270 g/mol. The molecule has 0 aromatic heterocycles. The number of hydrogen-bond acceptors (Lipinski definition) is 5. The van der Waals surface area contributed by atoms with Crippen LogP contribution in [0.15, 0.2) is 53.7 Å². The molecule has 0 aliphatic heterocycles. The molecule has 2 aromatic carbocycles. The predicted octanol–water partition coefficient (Wildman–Crippen LogP) is 2.62. The molecular formula is C16H17NO4. The van der Waals surface area contributed by atoms with Crippen molar-refractivity contribution >= 4 is 5.71 Å². The fraction of sp³-hybridized carbons (Fsp3) is 0.188. The lowest BCUT2D eigenvalue weighted by Gasteiger charge is -2.14. The van der Waals surface area contributed by atoms with Gasteiger partial charge in [0.15, 0.2) is 0 Å². The van der Waals surface area contributed by atoms with Crippen molar-refractivity contribution in [2.24, 2.45) is 5.16 Å². The number of methoxy groups -OCH3 is 2. The number of benzene rings is 2. The lowest BCUT2D eigenvalue weighted by atomic mass is 9.99. The zero-order valence-electron chi connectivity index (χ0n) is 11.9. The van der Waals surface area contributed by atoms with Gasteiger partial charge in [0.1, 0.15) is 23.3 Å². The second-order valence-electron chi connectivity index (χ2n) is 4.39. The van der Waals surface area contributed by atoms with Gasteiger partial charge in [-0.25, -0.2) is 0 Å². The van der Waals surface area contributed by atoms with E-state index in [-0.39, 0.29) is 5.71 Å². The molecule has 1 unspecified atom stereocenters. The van der Waals surface area contributed by atoms with Gasteiger partial charge in [-0.05, 0) is 42.0 Å². The number of aliphatic hydroxyl groups excluding tert-OH is 1. The number of nitrogens with zero attached hydrogens (tertiary/aromatic N) is 1. The molecule has 0 amide bonds. The van der Waals surface area contributed by atoms with Crippen LogP contribution >= 0.6 is 0 Å². The van der Waals surface area contributed by atoms with E-state index in [0.29, 0.717) is 22.6 Å². The van der Waals surface area contributed by atoms with Crippen LogP contribution in [0.25, 0.3) is 0 Å². The van der Waals surface area contributed by atoms with Gasteiger partial charge in [-0.2, -0.15) is 0 Å². The Morgan fingerprint density at radius 1 is 0.905 bits per heavy atom. The molecule has 2 aromatic rings. The van der Waals surface area contributed by atoms with Gasteiger partial charge in [0, 0.05) is 5.56 Å². The first kappa shape index (κ1) is 14.9. The van der Waals surface area contributed by atoms with Crippen molar-refractivity contribution in [2.75, 3.05) is 14.2 Å². The Labute approximate surface area is 123 Å². The molecule has 21 heavy (non-hydrogen) atoms. The first-order chi connectivity index (χ1) is 10.2. The lowest BCUT2D eigenvalue weighted by molar-refractivity contribution is 0.235. The number of aliphatic hydroxyl groups is 1. The zero-order chi connectivity index (χ0) is 15.2. The molecule has 0 fully saturated rings. The highest BCUT2D eigenvalue weighted by atomic mass is 16.5. The summed E-state index contributed by atoms with van der Waals surface area (Å²) in [7, 11) is 3.14. The first-order valence-corrected chi connectivity index (χ1v) is 6.38. The highest BCUT2D eigenvalue weighted by Crippen LogP contribution is 2.23. The molecule has 0 heterocycles. The van der Waals surface area contributed by atoms with Crippen LogP contribution in [0.5, 0.6) is 11.5 Å². The van der Waals surface area contributed by atoms with E-state index in [0.717, 1.165) is 0 Å². The van der Waals surface area contributed by atoms with Gasteiger partial charge in [0.25, 0.3) is 0 Å². The summed E-state index contributed by atoms with van der Waals surface area (Å²) < 4.78 is 10.1. The van der Waals surface area contributed by atoms with Crippen LogP contribution in [0.2, 0.25) is 0 Å². The van der Waals surface area contributed by atoms with Crippen LogP contribution in [0, 0.1) is 0 Å². The number of ether oxygens (including phenoxy) is 2. The van der Waals surface area contributed by atoms with Gasteiger partial charge >= 0.3 is 0 Å². The molecule has 0 saturated carbocycles. The molecule has 2 rings (SSSR count). The molecule has 0 saturated heterocycles. The Morgan fingerprint density at radius 3 is 1.81 bits per heavy atom. The first-order valence-electron chi connectivity index (χ1n) is 6.38. The average molecular weight is 287 g/mol. The summed E-state index contributed by atoms with van der Waals surface area (Å²) in [5.41, 5.74) is 1.39. The van der Waals surface area contributed by atoms with Crippen molar-refractivity contribution in [1.29, 1.82) is 0 Å². The monoisotopic (exact) mass is 287 g/mol. The predicted molar refractivity (Wildman–Crippen MR) is 79.3 cm³/mol. The van der Waals surface area contributed by atoms with E-state index >= 15 is 0 Å². The van der Waals surface area contributed by atoms with Crippen LogP contribution < -0.4 is 9.47 Å². The zero-order valence-corrected chi connectivity index (χ0v) is 11.9. The van der Waals surface area contributed by atoms with E-state index in [1.54, 1.807) is 62.8 Å². The quantitative estimate of drug-likeness (QED) is 0.504. The molecule has 0 aliphatic rings. The summed E-state index contributed by atoms with van der Waals surface area (Å²) in [6.45, 7) is 0. The summed E-state index contributed by atoms with van der Waals surface area (Å²) in [5.74, 6) is 1.38. The van der Waals surface area contributed by atoms with Gasteiger partial charge < -0.3 is 19.8 Å².